The molecular formula is C9H14F3NO5S. The molecule has 0 spiro atoms. The molecule has 112 valence electrons. The van der Waals surface area contributed by atoms with Gasteiger partial charge in [-0.15, -0.1) is 0 Å². The molecule has 0 aromatic rings. The van der Waals surface area contributed by atoms with Gasteiger partial charge in [-0.05, 0) is 13.8 Å². The number of carbonyl (C=O) groups is 2. The maximum absolute atomic E-state index is 12.3. The summed E-state index contributed by atoms with van der Waals surface area (Å²) in [6, 6.07) is 0. The molecule has 1 amide bonds. The van der Waals surface area contributed by atoms with Gasteiger partial charge in [-0.1, -0.05) is 0 Å². The zero-order valence-corrected chi connectivity index (χ0v) is 11.3. The highest BCUT2D eigenvalue weighted by molar-refractivity contribution is 7.92. The van der Waals surface area contributed by atoms with E-state index in [-0.39, 0.29) is 4.90 Å². The summed E-state index contributed by atoms with van der Waals surface area (Å²) in [6.07, 6.45) is -4.13. The minimum atomic E-state index is -4.82. The average Bonchev–Trinajstić information content (AvgIpc) is 2.10. The lowest BCUT2D eigenvalue weighted by molar-refractivity contribution is -0.166. The molecule has 0 aliphatic carbocycles. The molecule has 6 nitrogen and oxygen atoms in total. The van der Waals surface area contributed by atoms with Crippen LogP contribution in [0.5, 0.6) is 0 Å². The molecule has 10 heteroatoms. The summed E-state index contributed by atoms with van der Waals surface area (Å²) in [5.74, 6) is -3.07. The van der Waals surface area contributed by atoms with E-state index in [1.165, 1.54) is 0 Å². The van der Waals surface area contributed by atoms with Crippen molar-refractivity contribution in [2.45, 2.75) is 24.8 Å². The van der Waals surface area contributed by atoms with Crippen LogP contribution < -0.4 is 0 Å². The molecule has 0 saturated heterocycles. The molecule has 0 unspecified atom stereocenters. The van der Waals surface area contributed by atoms with Gasteiger partial charge < -0.3 is 10.0 Å². The van der Waals surface area contributed by atoms with Gasteiger partial charge in [-0.3, -0.25) is 9.59 Å². The number of carboxylic acids is 1. The number of carbonyl (C=O) groups excluding carboxylic acids is 1. The first-order valence-electron chi connectivity index (χ1n) is 4.96. The van der Waals surface area contributed by atoms with Crippen LogP contribution in [0.15, 0.2) is 0 Å². The van der Waals surface area contributed by atoms with Crippen molar-refractivity contribution >= 4 is 21.7 Å². The largest absolute Gasteiger partial charge is 0.480 e. The molecule has 0 fully saturated rings. The van der Waals surface area contributed by atoms with Gasteiger partial charge in [0, 0.05) is 6.26 Å². The lowest BCUT2D eigenvalue weighted by atomic mass is 10.1. The Morgan fingerprint density at radius 2 is 1.63 bits per heavy atom. The zero-order chi connectivity index (χ0) is 15.6. The van der Waals surface area contributed by atoms with E-state index in [4.69, 9.17) is 5.11 Å². The van der Waals surface area contributed by atoms with E-state index in [9.17, 15) is 31.2 Å². The Morgan fingerprint density at radius 3 is 1.89 bits per heavy atom. The molecule has 0 aliphatic heterocycles. The number of sulfone groups is 1. The first-order valence-corrected chi connectivity index (χ1v) is 6.85. The van der Waals surface area contributed by atoms with Crippen LogP contribution in [-0.2, 0) is 19.4 Å². The fourth-order valence-electron chi connectivity index (χ4n) is 1.12. The van der Waals surface area contributed by atoms with Gasteiger partial charge in [0.2, 0.25) is 5.91 Å². The Morgan fingerprint density at radius 1 is 1.21 bits per heavy atom. The Hall–Kier alpha value is -1.32. The lowest BCUT2D eigenvalue weighted by Crippen LogP contribution is -2.53. The van der Waals surface area contributed by atoms with Crippen molar-refractivity contribution in [1.29, 1.82) is 0 Å². The number of amides is 1. The van der Waals surface area contributed by atoms with Crippen molar-refractivity contribution in [3.8, 4) is 0 Å². The van der Waals surface area contributed by atoms with E-state index < -0.39 is 45.7 Å². The number of carboxylic acid groups (broad SMARTS) is 1. The molecule has 0 atom stereocenters. The van der Waals surface area contributed by atoms with Crippen molar-refractivity contribution < 1.29 is 36.3 Å². The van der Waals surface area contributed by atoms with Crippen LogP contribution in [0.2, 0.25) is 0 Å². The standard InChI is InChI=1S/C9H14F3NO5S/c1-8(2,19(3,17)18)7(16)13(4-6(14)15)5-9(10,11)12/h4-5H2,1-3H3,(H,14,15). The van der Waals surface area contributed by atoms with Crippen LogP contribution in [0, 0.1) is 0 Å². The molecule has 0 radical (unpaired) electrons. The Kier molecular flexibility index (Phi) is 4.98. The van der Waals surface area contributed by atoms with Gasteiger partial charge in [-0.25, -0.2) is 8.42 Å². The Bertz CT molecular complexity index is 469. The highest BCUT2D eigenvalue weighted by Crippen LogP contribution is 2.22. The Balaban J connectivity index is 5.40. The minimum absolute atomic E-state index is 0.0383. The highest BCUT2D eigenvalue weighted by atomic mass is 32.2. The number of nitrogens with zero attached hydrogens (tertiary/aromatic N) is 1. The second-order valence-electron chi connectivity index (χ2n) is 4.45. The third-order valence-electron chi connectivity index (χ3n) is 2.43. The highest BCUT2D eigenvalue weighted by Gasteiger charge is 2.44. The van der Waals surface area contributed by atoms with E-state index in [1.54, 1.807) is 0 Å². The smallest absolute Gasteiger partial charge is 0.406 e. The zero-order valence-electron chi connectivity index (χ0n) is 10.5. The minimum Gasteiger partial charge on any atom is -0.480 e. The van der Waals surface area contributed by atoms with E-state index in [0.29, 0.717) is 6.26 Å². The van der Waals surface area contributed by atoms with Crippen molar-refractivity contribution in [3.05, 3.63) is 0 Å². The number of rotatable bonds is 5. The van der Waals surface area contributed by atoms with Gasteiger partial charge in [-0.2, -0.15) is 13.2 Å². The maximum atomic E-state index is 12.3. The summed E-state index contributed by atoms with van der Waals surface area (Å²) >= 11 is 0. The monoisotopic (exact) mass is 305 g/mol. The molecule has 0 aromatic carbocycles. The summed E-state index contributed by atoms with van der Waals surface area (Å²) < 4.78 is 57.4. The summed E-state index contributed by atoms with van der Waals surface area (Å²) in [4.78, 5) is 22.2. The quantitative estimate of drug-likeness (QED) is 0.788. The van der Waals surface area contributed by atoms with Crippen LogP contribution in [0.4, 0.5) is 13.2 Å². The molecule has 0 saturated carbocycles. The fourth-order valence-corrected chi connectivity index (χ4v) is 1.56. The molecule has 0 aliphatic rings. The maximum Gasteiger partial charge on any atom is 0.406 e. The Labute approximate surface area is 108 Å². The molecular weight excluding hydrogens is 291 g/mol. The number of hydrogen-bond donors (Lipinski definition) is 1. The first-order chi connectivity index (χ1) is 8.18. The van der Waals surface area contributed by atoms with Crippen LogP contribution in [0.3, 0.4) is 0 Å². The van der Waals surface area contributed by atoms with Gasteiger partial charge in [0.15, 0.2) is 9.84 Å². The second-order valence-corrected chi connectivity index (χ2v) is 7.02. The molecule has 0 heterocycles. The first kappa shape index (κ1) is 17.7. The molecule has 0 aromatic heterocycles. The lowest BCUT2D eigenvalue weighted by Gasteiger charge is -2.30. The van der Waals surface area contributed by atoms with Crippen LogP contribution in [-0.4, -0.2) is 60.6 Å². The van der Waals surface area contributed by atoms with E-state index in [1.807, 2.05) is 0 Å². The van der Waals surface area contributed by atoms with E-state index >= 15 is 0 Å². The van der Waals surface area contributed by atoms with Gasteiger partial charge in [0.25, 0.3) is 0 Å². The van der Waals surface area contributed by atoms with Gasteiger partial charge in [0.05, 0.1) is 0 Å². The van der Waals surface area contributed by atoms with Crippen molar-refractivity contribution in [2.24, 2.45) is 0 Å². The number of halogens is 3. The van der Waals surface area contributed by atoms with Crippen LogP contribution in [0.1, 0.15) is 13.8 Å². The van der Waals surface area contributed by atoms with Gasteiger partial charge >= 0.3 is 12.1 Å². The SMILES string of the molecule is CC(C)(C(=O)N(CC(=O)O)CC(F)(F)F)S(C)(=O)=O. The molecule has 19 heavy (non-hydrogen) atoms. The molecule has 0 bridgehead atoms. The van der Waals surface area contributed by atoms with Crippen LogP contribution in [0.25, 0.3) is 0 Å². The fraction of sp³-hybridized carbons (Fsp3) is 0.778. The summed E-state index contributed by atoms with van der Waals surface area (Å²) in [5, 5.41) is 8.49. The summed E-state index contributed by atoms with van der Waals surface area (Å²) in [6.45, 7) is -1.19. The average molecular weight is 305 g/mol. The van der Waals surface area contributed by atoms with Crippen molar-refractivity contribution in [2.75, 3.05) is 19.3 Å². The summed E-state index contributed by atoms with van der Waals surface area (Å²) in [5.41, 5.74) is 0. The van der Waals surface area contributed by atoms with Crippen LogP contribution >= 0.6 is 0 Å². The van der Waals surface area contributed by atoms with Gasteiger partial charge in [0.1, 0.15) is 17.8 Å². The van der Waals surface area contributed by atoms with E-state index in [0.717, 1.165) is 13.8 Å². The predicted molar refractivity (Wildman–Crippen MR) is 59.2 cm³/mol. The third kappa shape index (κ3) is 5.05. The van der Waals surface area contributed by atoms with Crippen molar-refractivity contribution in [3.63, 3.8) is 0 Å². The number of hydrogen-bond acceptors (Lipinski definition) is 4. The number of alkyl halides is 3. The molecule has 1 N–H and O–H groups in total. The summed E-state index contributed by atoms with van der Waals surface area (Å²) in [7, 11) is -3.99. The van der Waals surface area contributed by atoms with Crippen molar-refractivity contribution in [1.82, 2.24) is 4.90 Å². The predicted octanol–water partition coefficient (Wildman–Crippen LogP) is 0.285. The molecule has 0 rings (SSSR count). The topological polar surface area (TPSA) is 91.8 Å². The number of aliphatic carboxylic acids is 1. The van der Waals surface area contributed by atoms with E-state index in [2.05, 4.69) is 0 Å². The second kappa shape index (κ2) is 5.35. The third-order valence-corrected chi connectivity index (χ3v) is 4.45. The normalized spacial score (nSPS) is 13.2.